The van der Waals surface area contributed by atoms with Crippen molar-refractivity contribution < 1.29 is 24.3 Å². The molecule has 8 nitrogen and oxygen atoms in total. The van der Waals surface area contributed by atoms with Crippen molar-refractivity contribution in [3.05, 3.63) is 58.7 Å². The molecule has 2 aliphatic rings. The Morgan fingerprint density at radius 3 is 2.76 bits per heavy atom. The number of amides is 2. The lowest BCUT2D eigenvalue weighted by Crippen LogP contribution is -2.55. The van der Waals surface area contributed by atoms with E-state index in [4.69, 9.17) is 0 Å². The molecule has 0 spiro atoms. The van der Waals surface area contributed by atoms with Crippen molar-refractivity contribution >= 4 is 45.0 Å². The summed E-state index contributed by atoms with van der Waals surface area (Å²) in [7, 11) is 0. The van der Waals surface area contributed by atoms with Crippen LogP contribution in [-0.4, -0.2) is 45.3 Å². The molecule has 0 saturated carbocycles. The number of Topliss-reactive ketones (excluding diaryl/α,β-unsaturated/α-hetero) is 1. The molecule has 2 amide bonds. The van der Waals surface area contributed by atoms with Gasteiger partial charge in [0.2, 0.25) is 11.8 Å². The van der Waals surface area contributed by atoms with Crippen LogP contribution in [0.25, 0.3) is 10.1 Å². The highest BCUT2D eigenvalue weighted by Crippen LogP contribution is 2.38. The van der Waals surface area contributed by atoms with E-state index >= 15 is 0 Å². The summed E-state index contributed by atoms with van der Waals surface area (Å²) in [5.41, 5.74) is 2.79. The number of thiophene rings is 1. The summed E-state index contributed by atoms with van der Waals surface area (Å²) in [6, 6.07) is 8.71. The number of benzene rings is 1. The number of ketones is 1. The molecule has 5 atom stereocenters. The number of aromatic nitrogens is 1. The minimum atomic E-state index is -0.988. The second-order valence-corrected chi connectivity index (χ2v) is 11.5. The van der Waals surface area contributed by atoms with Crippen molar-refractivity contribution in [3.63, 3.8) is 0 Å². The average Bonchev–Trinajstić information content (AvgIpc) is 3.45. The third-order valence-electron chi connectivity index (χ3n) is 8.13. The van der Waals surface area contributed by atoms with Crippen molar-refractivity contribution in [2.24, 2.45) is 11.8 Å². The molecule has 1 aromatic carbocycles. The van der Waals surface area contributed by atoms with Gasteiger partial charge in [0.15, 0.2) is 0 Å². The molecule has 1 aliphatic heterocycles. The molecular weight excluding hydrogens is 502 g/mol. The molecule has 0 saturated heterocycles. The van der Waals surface area contributed by atoms with E-state index < -0.39 is 29.9 Å². The van der Waals surface area contributed by atoms with E-state index in [1.807, 2.05) is 60.3 Å². The fraction of sp³-hybridized carbons (Fsp3) is 0.448. The summed E-state index contributed by atoms with van der Waals surface area (Å²) in [4.78, 5) is 51.8. The number of aryl methyl sites for hydroxylation is 1. The molecule has 0 radical (unpaired) electrons. The Morgan fingerprint density at radius 2 is 2.00 bits per heavy atom. The summed E-state index contributed by atoms with van der Waals surface area (Å²) < 4.78 is 2.99. The van der Waals surface area contributed by atoms with E-state index in [1.54, 1.807) is 11.3 Å². The van der Waals surface area contributed by atoms with E-state index in [-0.39, 0.29) is 42.9 Å². The number of carboxylic acid groups (broad SMARTS) is 1. The van der Waals surface area contributed by atoms with Gasteiger partial charge in [-0.3, -0.25) is 19.2 Å². The zero-order chi connectivity index (χ0) is 27.0. The van der Waals surface area contributed by atoms with Gasteiger partial charge < -0.3 is 20.3 Å². The summed E-state index contributed by atoms with van der Waals surface area (Å²) in [6.07, 6.45) is 3.95. The Morgan fingerprint density at radius 1 is 1.21 bits per heavy atom. The quantitative estimate of drug-likeness (QED) is 0.407. The standard InChI is InChI=1S/C29H33N3O5S/c1-3-16(2)26(31-24(34)13-19-15-38-23-7-5-4-6-20(19)23)28(35)30-21-9-8-17-10-11-32-14-18(29(36)37)12-22(33)25(21)27(17)32/h4-7,10-11,15-16,18,21,25-26H,3,8-9,12-14H2,1-2H3,(H,30,35)(H,31,34)(H,36,37)/t16?,18-,21-,25?,26?/m0/s1. The number of aliphatic carboxylic acids is 1. The van der Waals surface area contributed by atoms with Gasteiger partial charge in [-0.05, 0) is 52.8 Å². The van der Waals surface area contributed by atoms with Crippen LogP contribution in [-0.2, 0) is 38.6 Å². The number of fused-ring (bicyclic) bond motifs is 1. The summed E-state index contributed by atoms with van der Waals surface area (Å²) in [5.74, 6) is -3.16. The fourth-order valence-electron chi connectivity index (χ4n) is 5.86. The highest BCUT2D eigenvalue weighted by atomic mass is 32.1. The molecule has 3 heterocycles. The number of hydrogen-bond donors (Lipinski definition) is 3. The molecule has 200 valence electrons. The molecule has 38 heavy (non-hydrogen) atoms. The van der Waals surface area contributed by atoms with Crippen LogP contribution in [0.4, 0.5) is 0 Å². The Hall–Kier alpha value is -3.46. The molecule has 9 heteroatoms. The maximum Gasteiger partial charge on any atom is 0.308 e. The Kier molecular flexibility index (Phi) is 7.38. The molecule has 3 N–H and O–H groups in total. The zero-order valence-electron chi connectivity index (χ0n) is 21.6. The minimum absolute atomic E-state index is 0.0619. The number of nitrogens with one attached hydrogen (secondary N) is 2. The van der Waals surface area contributed by atoms with Crippen LogP contribution in [0.5, 0.6) is 0 Å². The first-order valence-electron chi connectivity index (χ1n) is 13.2. The van der Waals surface area contributed by atoms with Gasteiger partial charge >= 0.3 is 5.97 Å². The first-order valence-corrected chi connectivity index (χ1v) is 14.1. The molecule has 3 aromatic rings. The Labute approximate surface area is 225 Å². The predicted molar refractivity (Wildman–Crippen MR) is 145 cm³/mol. The number of rotatable bonds is 8. The third kappa shape index (κ3) is 4.99. The van der Waals surface area contributed by atoms with Crippen LogP contribution in [0.2, 0.25) is 0 Å². The lowest BCUT2D eigenvalue weighted by atomic mass is 9.79. The lowest BCUT2D eigenvalue weighted by molar-refractivity contribution is -0.144. The van der Waals surface area contributed by atoms with E-state index in [2.05, 4.69) is 10.6 Å². The SMILES string of the molecule is CCC(C)C(NC(=O)Cc1csc2ccccc12)C(=O)N[C@H]1CCc2ccn3c2C1C(=O)C[C@H](C(=O)O)C3. The number of hydrogen-bond acceptors (Lipinski definition) is 5. The van der Waals surface area contributed by atoms with Crippen LogP contribution in [0.3, 0.4) is 0 Å². The molecular formula is C29H33N3O5S. The first-order chi connectivity index (χ1) is 18.3. The molecule has 0 fully saturated rings. The monoisotopic (exact) mass is 535 g/mol. The van der Waals surface area contributed by atoms with Gasteiger partial charge in [0.25, 0.3) is 0 Å². The van der Waals surface area contributed by atoms with Gasteiger partial charge in [0, 0.05) is 35.6 Å². The van der Waals surface area contributed by atoms with Crippen LogP contribution >= 0.6 is 11.3 Å². The third-order valence-corrected chi connectivity index (χ3v) is 9.14. The predicted octanol–water partition coefficient (Wildman–Crippen LogP) is 3.66. The summed E-state index contributed by atoms with van der Waals surface area (Å²) in [6.45, 7) is 4.16. The maximum absolute atomic E-state index is 13.6. The highest BCUT2D eigenvalue weighted by molar-refractivity contribution is 7.17. The molecule has 5 rings (SSSR count). The first kappa shape index (κ1) is 26.2. The van der Waals surface area contributed by atoms with Crippen molar-refractivity contribution in [1.29, 1.82) is 0 Å². The van der Waals surface area contributed by atoms with E-state index in [1.165, 1.54) is 0 Å². The second kappa shape index (κ2) is 10.7. The van der Waals surface area contributed by atoms with Crippen LogP contribution in [0, 0.1) is 11.8 Å². The normalized spacial score (nSPS) is 22.3. The van der Waals surface area contributed by atoms with Crippen LogP contribution < -0.4 is 10.6 Å². The van der Waals surface area contributed by atoms with E-state index in [9.17, 15) is 24.3 Å². The van der Waals surface area contributed by atoms with Crippen molar-refractivity contribution in [1.82, 2.24) is 15.2 Å². The van der Waals surface area contributed by atoms with E-state index in [0.717, 1.165) is 26.9 Å². The van der Waals surface area contributed by atoms with Crippen molar-refractivity contribution in [2.75, 3.05) is 0 Å². The molecule has 1 aliphatic carbocycles. The number of nitrogens with zero attached hydrogens (tertiary/aromatic N) is 1. The Balaban J connectivity index is 1.33. The van der Waals surface area contributed by atoms with Gasteiger partial charge in [0.05, 0.1) is 18.3 Å². The maximum atomic E-state index is 13.6. The van der Waals surface area contributed by atoms with E-state index in [0.29, 0.717) is 19.3 Å². The number of carboxylic acids is 1. The van der Waals surface area contributed by atoms with Gasteiger partial charge in [-0.25, -0.2) is 0 Å². The van der Waals surface area contributed by atoms with Gasteiger partial charge in [0.1, 0.15) is 11.8 Å². The molecule has 2 aromatic heterocycles. The van der Waals surface area contributed by atoms with Crippen molar-refractivity contribution in [3.8, 4) is 0 Å². The van der Waals surface area contributed by atoms with Gasteiger partial charge in [-0.2, -0.15) is 0 Å². The number of carbonyl (C=O) groups excluding carboxylic acids is 3. The summed E-state index contributed by atoms with van der Waals surface area (Å²) >= 11 is 1.59. The topological polar surface area (TPSA) is 118 Å². The Bertz CT molecular complexity index is 1390. The second-order valence-electron chi connectivity index (χ2n) is 10.6. The largest absolute Gasteiger partial charge is 0.481 e. The van der Waals surface area contributed by atoms with Crippen LogP contribution in [0.15, 0.2) is 41.9 Å². The fourth-order valence-corrected chi connectivity index (χ4v) is 6.82. The number of carbonyl (C=O) groups is 4. The van der Waals surface area contributed by atoms with Gasteiger partial charge in [-0.1, -0.05) is 38.5 Å². The minimum Gasteiger partial charge on any atom is -0.481 e. The van der Waals surface area contributed by atoms with Crippen LogP contribution in [0.1, 0.15) is 55.8 Å². The smallest absolute Gasteiger partial charge is 0.308 e. The molecule has 3 unspecified atom stereocenters. The molecule has 0 bridgehead atoms. The summed E-state index contributed by atoms with van der Waals surface area (Å²) in [5, 5.41) is 18.7. The van der Waals surface area contributed by atoms with Crippen molar-refractivity contribution in [2.45, 2.75) is 70.5 Å². The highest BCUT2D eigenvalue weighted by Gasteiger charge is 2.43. The van der Waals surface area contributed by atoms with Gasteiger partial charge in [-0.15, -0.1) is 11.3 Å². The lowest BCUT2D eigenvalue weighted by Gasteiger charge is -2.34. The average molecular weight is 536 g/mol. The zero-order valence-corrected chi connectivity index (χ0v) is 22.4.